The van der Waals surface area contributed by atoms with E-state index in [1.807, 2.05) is 0 Å². The van der Waals surface area contributed by atoms with E-state index in [-0.39, 0.29) is 0 Å². The molecule has 1 aliphatic heterocycles. The van der Waals surface area contributed by atoms with Gasteiger partial charge in [0.25, 0.3) is 0 Å². The summed E-state index contributed by atoms with van der Waals surface area (Å²) in [5.41, 5.74) is 0. The molecule has 2 aliphatic rings. The van der Waals surface area contributed by atoms with Crippen LogP contribution in [0.25, 0.3) is 0 Å². The van der Waals surface area contributed by atoms with Gasteiger partial charge in [-0.15, -0.1) is 0 Å². The third-order valence-electron chi connectivity index (χ3n) is 4.45. The van der Waals surface area contributed by atoms with Crippen LogP contribution in [-0.2, 0) is 4.74 Å². The van der Waals surface area contributed by atoms with Crippen molar-refractivity contribution in [2.45, 2.75) is 58.3 Å². The summed E-state index contributed by atoms with van der Waals surface area (Å²) in [6, 6.07) is 0. The first kappa shape index (κ1) is 11.4. The second-order valence-corrected chi connectivity index (χ2v) is 5.55. The number of hydrogen-bond donors (Lipinski definition) is 0. The first-order valence-electron chi connectivity index (χ1n) is 6.98. The van der Waals surface area contributed by atoms with Crippen molar-refractivity contribution in [1.29, 1.82) is 0 Å². The Bertz CT molecular complexity index is 164. The molecular weight excluding hydrogens is 184 g/mol. The molecule has 0 aromatic carbocycles. The minimum Gasteiger partial charge on any atom is -0.381 e. The quantitative estimate of drug-likeness (QED) is 0.683. The highest BCUT2D eigenvalue weighted by Gasteiger charge is 2.28. The Morgan fingerprint density at radius 1 is 1.00 bits per heavy atom. The molecule has 1 heterocycles. The minimum absolute atomic E-state index is 0.904. The van der Waals surface area contributed by atoms with Crippen molar-refractivity contribution < 1.29 is 4.74 Å². The van der Waals surface area contributed by atoms with Gasteiger partial charge in [0.2, 0.25) is 0 Å². The Hall–Kier alpha value is -0.0400. The molecule has 2 rings (SSSR count). The van der Waals surface area contributed by atoms with E-state index in [1.54, 1.807) is 0 Å². The molecule has 0 bridgehead atoms. The third-order valence-corrected chi connectivity index (χ3v) is 4.45. The molecule has 1 saturated heterocycles. The molecule has 1 atom stereocenters. The molecule has 88 valence electrons. The van der Waals surface area contributed by atoms with Crippen molar-refractivity contribution in [3.8, 4) is 0 Å². The van der Waals surface area contributed by atoms with Gasteiger partial charge in [0.1, 0.15) is 0 Å². The summed E-state index contributed by atoms with van der Waals surface area (Å²) in [4.78, 5) is 0. The van der Waals surface area contributed by atoms with Gasteiger partial charge in [-0.05, 0) is 43.4 Å². The van der Waals surface area contributed by atoms with Gasteiger partial charge < -0.3 is 4.74 Å². The minimum atomic E-state index is 0.904. The Labute approximate surface area is 94.6 Å². The highest BCUT2D eigenvalue weighted by Crippen LogP contribution is 2.37. The van der Waals surface area contributed by atoms with Crippen LogP contribution in [0.2, 0.25) is 0 Å². The first-order valence-corrected chi connectivity index (χ1v) is 6.98. The summed E-state index contributed by atoms with van der Waals surface area (Å²) in [6.45, 7) is 4.39. The first-order chi connectivity index (χ1) is 7.40. The lowest BCUT2D eigenvalue weighted by Crippen LogP contribution is -2.28. The van der Waals surface area contributed by atoms with Gasteiger partial charge in [0.15, 0.2) is 0 Å². The lowest BCUT2D eigenvalue weighted by molar-refractivity contribution is 0.0181. The van der Waals surface area contributed by atoms with Gasteiger partial charge in [-0.3, -0.25) is 0 Å². The maximum absolute atomic E-state index is 5.61. The van der Waals surface area contributed by atoms with Crippen LogP contribution in [0.1, 0.15) is 58.3 Å². The van der Waals surface area contributed by atoms with Crippen LogP contribution in [0.5, 0.6) is 0 Å². The van der Waals surface area contributed by atoms with Crippen molar-refractivity contribution >= 4 is 0 Å². The molecule has 1 unspecified atom stereocenters. The average molecular weight is 210 g/mol. The summed E-state index contributed by atoms with van der Waals surface area (Å²) in [5, 5.41) is 0. The molecule has 0 spiro atoms. The topological polar surface area (TPSA) is 9.23 Å². The second-order valence-electron chi connectivity index (χ2n) is 5.55. The van der Waals surface area contributed by atoms with E-state index in [2.05, 4.69) is 6.92 Å². The second kappa shape index (κ2) is 5.89. The van der Waals surface area contributed by atoms with Crippen LogP contribution in [0.15, 0.2) is 0 Å². The van der Waals surface area contributed by atoms with Crippen LogP contribution in [0, 0.1) is 17.8 Å². The fourth-order valence-corrected chi connectivity index (χ4v) is 3.49. The fraction of sp³-hybridized carbons (Fsp3) is 1.00. The van der Waals surface area contributed by atoms with Gasteiger partial charge >= 0.3 is 0 Å². The van der Waals surface area contributed by atoms with E-state index in [1.165, 1.54) is 51.4 Å². The zero-order valence-corrected chi connectivity index (χ0v) is 10.2. The van der Waals surface area contributed by atoms with Crippen molar-refractivity contribution in [1.82, 2.24) is 0 Å². The van der Waals surface area contributed by atoms with Gasteiger partial charge in [0.05, 0.1) is 0 Å². The fourth-order valence-electron chi connectivity index (χ4n) is 3.49. The summed E-state index contributed by atoms with van der Waals surface area (Å²) < 4.78 is 5.61. The van der Waals surface area contributed by atoms with E-state index >= 15 is 0 Å². The standard InChI is InChI=1S/C14H26O/c1-2-4-12-6-8-13(9-7-12)14-5-3-10-15-11-14/h12-14H,2-11H2,1H3. The Morgan fingerprint density at radius 2 is 1.80 bits per heavy atom. The average Bonchev–Trinajstić information content (AvgIpc) is 2.32. The van der Waals surface area contributed by atoms with Crippen molar-refractivity contribution in [2.24, 2.45) is 17.8 Å². The van der Waals surface area contributed by atoms with Crippen molar-refractivity contribution in [3.05, 3.63) is 0 Å². The van der Waals surface area contributed by atoms with Crippen LogP contribution in [0.4, 0.5) is 0 Å². The van der Waals surface area contributed by atoms with E-state index in [9.17, 15) is 0 Å². The maximum atomic E-state index is 5.61. The lowest BCUT2D eigenvalue weighted by Gasteiger charge is -2.35. The Kier molecular flexibility index (Phi) is 4.49. The van der Waals surface area contributed by atoms with Crippen molar-refractivity contribution in [3.63, 3.8) is 0 Å². The molecule has 0 aromatic heterocycles. The van der Waals surface area contributed by atoms with Crippen LogP contribution in [0.3, 0.4) is 0 Å². The van der Waals surface area contributed by atoms with Crippen LogP contribution >= 0.6 is 0 Å². The molecule has 1 saturated carbocycles. The molecule has 2 fully saturated rings. The largest absolute Gasteiger partial charge is 0.381 e. The van der Waals surface area contributed by atoms with Crippen molar-refractivity contribution in [2.75, 3.05) is 13.2 Å². The molecule has 1 aliphatic carbocycles. The summed E-state index contributed by atoms with van der Waals surface area (Å²) in [6.07, 6.45) is 11.5. The van der Waals surface area contributed by atoms with Gasteiger partial charge in [-0.25, -0.2) is 0 Å². The number of ether oxygens (including phenoxy) is 1. The SMILES string of the molecule is CCCC1CCC(C2CCCOC2)CC1. The number of rotatable bonds is 3. The smallest absolute Gasteiger partial charge is 0.0496 e. The molecular formula is C14H26O. The van der Waals surface area contributed by atoms with E-state index < -0.39 is 0 Å². The van der Waals surface area contributed by atoms with Gasteiger partial charge in [-0.2, -0.15) is 0 Å². The predicted octanol–water partition coefficient (Wildman–Crippen LogP) is 4.02. The molecule has 1 heteroatoms. The normalized spacial score (nSPS) is 37.8. The highest BCUT2D eigenvalue weighted by molar-refractivity contribution is 4.79. The maximum Gasteiger partial charge on any atom is 0.0496 e. The highest BCUT2D eigenvalue weighted by atomic mass is 16.5. The number of hydrogen-bond acceptors (Lipinski definition) is 1. The zero-order chi connectivity index (χ0) is 10.5. The Balaban J connectivity index is 1.72. The van der Waals surface area contributed by atoms with Crippen LogP contribution in [-0.4, -0.2) is 13.2 Å². The van der Waals surface area contributed by atoms with Gasteiger partial charge in [0, 0.05) is 13.2 Å². The monoisotopic (exact) mass is 210 g/mol. The molecule has 0 amide bonds. The van der Waals surface area contributed by atoms with Gasteiger partial charge in [-0.1, -0.05) is 32.6 Å². The molecule has 15 heavy (non-hydrogen) atoms. The van der Waals surface area contributed by atoms with E-state index in [0.717, 1.165) is 31.0 Å². The zero-order valence-electron chi connectivity index (χ0n) is 10.2. The lowest BCUT2D eigenvalue weighted by atomic mass is 9.73. The summed E-state index contributed by atoms with van der Waals surface area (Å²) >= 11 is 0. The molecule has 1 nitrogen and oxygen atoms in total. The summed E-state index contributed by atoms with van der Waals surface area (Å²) in [7, 11) is 0. The van der Waals surface area contributed by atoms with E-state index in [4.69, 9.17) is 4.74 Å². The van der Waals surface area contributed by atoms with Crippen LogP contribution < -0.4 is 0 Å². The third kappa shape index (κ3) is 3.21. The molecule has 0 N–H and O–H groups in total. The summed E-state index contributed by atoms with van der Waals surface area (Å²) in [5.74, 6) is 2.95. The molecule has 0 radical (unpaired) electrons. The predicted molar refractivity (Wildman–Crippen MR) is 63.9 cm³/mol. The molecule has 0 aromatic rings. The van der Waals surface area contributed by atoms with E-state index in [0.29, 0.717) is 0 Å². The Morgan fingerprint density at radius 3 is 2.40 bits per heavy atom.